The molecule has 1 aliphatic rings. The predicted octanol–water partition coefficient (Wildman–Crippen LogP) is 2.42. The fourth-order valence-corrected chi connectivity index (χ4v) is 3.97. The number of para-hydroxylation sites is 1. The Morgan fingerprint density at radius 1 is 1.19 bits per heavy atom. The highest BCUT2D eigenvalue weighted by Gasteiger charge is 2.16. The van der Waals surface area contributed by atoms with Gasteiger partial charge in [0.2, 0.25) is 5.91 Å². The number of morpholine rings is 1. The van der Waals surface area contributed by atoms with Gasteiger partial charge in [-0.2, -0.15) is 0 Å². The molecular formula is C19H26N4O2S. The van der Waals surface area contributed by atoms with Gasteiger partial charge in [-0.05, 0) is 19.9 Å². The number of carbonyl (C=O) groups is 1. The standard InChI is InChI=1S/C19H26N4O2S/c1-3-23(4-2)18(24)14-26-19-15-7-5-6-8-16(15)20-17(21-19)13-22-9-11-25-12-10-22/h5-8H,3-4,9-14H2,1-2H3. The molecule has 0 saturated carbocycles. The van der Waals surface area contributed by atoms with Gasteiger partial charge in [-0.3, -0.25) is 9.69 Å². The number of fused-ring (bicyclic) bond motifs is 1. The maximum absolute atomic E-state index is 12.4. The van der Waals surface area contributed by atoms with Crippen molar-refractivity contribution in [2.75, 3.05) is 45.1 Å². The van der Waals surface area contributed by atoms with Crippen molar-refractivity contribution in [3.8, 4) is 0 Å². The van der Waals surface area contributed by atoms with Gasteiger partial charge in [-0.25, -0.2) is 9.97 Å². The lowest BCUT2D eigenvalue weighted by atomic mass is 10.2. The van der Waals surface area contributed by atoms with E-state index in [-0.39, 0.29) is 5.91 Å². The summed E-state index contributed by atoms with van der Waals surface area (Å²) in [7, 11) is 0. The van der Waals surface area contributed by atoms with E-state index in [1.807, 2.05) is 43.0 Å². The summed E-state index contributed by atoms with van der Waals surface area (Å²) in [4.78, 5) is 26.0. The van der Waals surface area contributed by atoms with E-state index in [0.717, 1.165) is 61.1 Å². The smallest absolute Gasteiger partial charge is 0.232 e. The zero-order valence-electron chi connectivity index (χ0n) is 15.5. The minimum atomic E-state index is 0.150. The Kier molecular flexibility index (Phi) is 6.82. The van der Waals surface area contributed by atoms with Crippen molar-refractivity contribution in [1.29, 1.82) is 0 Å². The Bertz CT molecular complexity index is 745. The number of hydrogen-bond donors (Lipinski definition) is 0. The number of carbonyl (C=O) groups excluding carboxylic acids is 1. The number of ether oxygens (including phenoxy) is 1. The molecule has 0 unspecified atom stereocenters. The molecule has 26 heavy (non-hydrogen) atoms. The first kappa shape index (κ1) is 19.1. The normalized spacial score (nSPS) is 15.3. The van der Waals surface area contributed by atoms with Gasteiger partial charge in [0.1, 0.15) is 10.9 Å². The maximum atomic E-state index is 12.4. The van der Waals surface area contributed by atoms with Crippen LogP contribution in [-0.2, 0) is 16.1 Å². The van der Waals surface area contributed by atoms with Crippen LogP contribution in [0.25, 0.3) is 10.9 Å². The Labute approximate surface area is 158 Å². The minimum absolute atomic E-state index is 0.150. The van der Waals surface area contributed by atoms with Crippen molar-refractivity contribution in [1.82, 2.24) is 19.8 Å². The number of hydrogen-bond acceptors (Lipinski definition) is 6. The summed E-state index contributed by atoms with van der Waals surface area (Å²) in [6.07, 6.45) is 0. The summed E-state index contributed by atoms with van der Waals surface area (Å²) in [6, 6.07) is 8.02. The number of rotatable bonds is 7. The van der Waals surface area contributed by atoms with E-state index < -0.39 is 0 Å². The summed E-state index contributed by atoms with van der Waals surface area (Å²) < 4.78 is 5.41. The molecule has 0 aliphatic carbocycles. The van der Waals surface area contributed by atoms with Gasteiger partial charge in [0.05, 0.1) is 31.0 Å². The lowest BCUT2D eigenvalue weighted by Gasteiger charge is -2.26. The van der Waals surface area contributed by atoms with Gasteiger partial charge >= 0.3 is 0 Å². The van der Waals surface area contributed by atoms with Crippen molar-refractivity contribution in [2.24, 2.45) is 0 Å². The molecule has 0 N–H and O–H groups in total. The Morgan fingerprint density at radius 2 is 1.92 bits per heavy atom. The molecule has 1 aliphatic heterocycles. The van der Waals surface area contributed by atoms with Gasteiger partial charge in [0.15, 0.2) is 0 Å². The van der Waals surface area contributed by atoms with E-state index in [2.05, 4.69) is 4.90 Å². The van der Waals surface area contributed by atoms with Gasteiger partial charge in [0, 0.05) is 31.6 Å². The van der Waals surface area contributed by atoms with Crippen LogP contribution in [0.2, 0.25) is 0 Å². The summed E-state index contributed by atoms with van der Waals surface area (Å²) in [6.45, 7) is 9.52. The number of nitrogens with zero attached hydrogens (tertiary/aromatic N) is 4. The van der Waals surface area contributed by atoms with Crippen LogP contribution in [0, 0.1) is 0 Å². The van der Waals surface area contributed by atoms with E-state index in [1.165, 1.54) is 11.8 Å². The van der Waals surface area contributed by atoms with Gasteiger partial charge < -0.3 is 9.64 Å². The van der Waals surface area contributed by atoms with Crippen LogP contribution in [0.1, 0.15) is 19.7 Å². The molecule has 1 saturated heterocycles. The van der Waals surface area contributed by atoms with Gasteiger partial charge in [-0.1, -0.05) is 30.0 Å². The van der Waals surface area contributed by atoms with Crippen molar-refractivity contribution in [3.63, 3.8) is 0 Å². The summed E-state index contributed by atoms with van der Waals surface area (Å²) in [5.41, 5.74) is 0.934. The fourth-order valence-electron chi connectivity index (χ4n) is 3.03. The molecule has 0 radical (unpaired) electrons. The van der Waals surface area contributed by atoms with Crippen molar-refractivity contribution < 1.29 is 9.53 Å². The van der Waals surface area contributed by atoms with E-state index in [4.69, 9.17) is 14.7 Å². The second-order valence-corrected chi connectivity index (χ2v) is 7.17. The van der Waals surface area contributed by atoms with Crippen molar-refractivity contribution in [3.05, 3.63) is 30.1 Å². The van der Waals surface area contributed by atoms with Crippen LogP contribution in [-0.4, -0.2) is 70.8 Å². The minimum Gasteiger partial charge on any atom is -0.379 e. The third kappa shape index (κ3) is 4.72. The number of amides is 1. The third-order valence-electron chi connectivity index (χ3n) is 4.53. The van der Waals surface area contributed by atoms with Crippen molar-refractivity contribution >= 4 is 28.6 Å². The highest BCUT2D eigenvalue weighted by Crippen LogP contribution is 2.26. The quantitative estimate of drug-likeness (QED) is 0.548. The molecular weight excluding hydrogens is 348 g/mol. The molecule has 1 aromatic carbocycles. The van der Waals surface area contributed by atoms with Crippen LogP contribution in [0.5, 0.6) is 0 Å². The third-order valence-corrected chi connectivity index (χ3v) is 5.51. The average molecular weight is 375 g/mol. The molecule has 7 heteroatoms. The highest BCUT2D eigenvalue weighted by atomic mass is 32.2. The molecule has 1 amide bonds. The maximum Gasteiger partial charge on any atom is 0.232 e. The summed E-state index contributed by atoms with van der Waals surface area (Å²) in [5, 5.41) is 1.90. The second kappa shape index (κ2) is 9.30. The van der Waals surface area contributed by atoms with Crippen LogP contribution >= 0.6 is 11.8 Å². The van der Waals surface area contributed by atoms with Crippen LogP contribution < -0.4 is 0 Å². The first-order valence-corrected chi connectivity index (χ1v) is 10.2. The van der Waals surface area contributed by atoms with E-state index in [9.17, 15) is 4.79 Å². The van der Waals surface area contributed by atoms with Gasteiger partial charge in [0.25, 0.3) is 0 Å². The van der Waals surface area contributed by atoms with Crippen molar-refractivity contribution in [2.45, 2.75) is 25.4 Å². The number of aromatic nitrogens is 2. The van der Waals surface area contributed by atoms with Crippen LogP contribution in [0.15, 0.2) is 29.3 Å². The van der Waals surface area contributed by atoms with Crippen LogP contribution in [0.4, 0.5) is 0 Å². The first-order valence-electron chi connectivity index (χ1n) is 9.17. The molecule has 6 nitrogen and oxygen atoms in total. The zero-order valence-corrected chi connectivity index (χ0v) is 16.3. The van der Waals surface area contributed by atoms with Crippen LogP contribution in [0.3, 0.4) is 0 Å². The molecule has 1 aromatic heterocycles. The Balaban J connectivity index is 1.79. The lowest BCUT2D eigenvalue weighted by Crippen LogP contribution is -2.36. The molecule has 2 heterocycles. The molecule has 3 rings (SSSR count). The molecule has 140 valence electrons. The van der Waals surface area contributed by atoms with E-state index in [0.29, 0.717) is 12.3 Å². The topological polar surface area (TPSA) is 58.6 Å². The van der Waals surface area contributed by atoms with E-state index in [1.54, 1.807) is 0 Å². The van der Waals surface area contributed by atoms with E-state index >= 15 is 0 Å². The Morgan fingerprint density at radius 3 is 2.65 bits per heavy atom. The fraction of sp³-hybridized carbons (Fsp3) is 0.526. The van der Waals surface area contributed by atoms with Gasteiger partial charge in [-0.15, -0.1) is 0 Å². The average Bonchev–Trinajstić information content (AvgIpc) is 2.68. The molecule has 1 fully saturated rings. The molecule has 2 aromatic rings. The predicted molar refractivity (Wildman–Crippen MR) is 104 cm³/mol. The summed E-state index contributed by atoms with van der Waals surface area (Å²) in [5.74, 6) is 1.36. The highest BCUT2D eigenvalue weighted by molar-refractivity contribution is 8.00. The second-order valence-electron chi connectivity index (χ2n) is 6.21. The molecule has 0 spiro atoms. The molecule has 0 bridgehead atoms. The number of thioether (sulfide) groups is 1. The number of benzene rings is 1. The molecule has 0 atom stereocenters. The first-order chi connectivity index (χ1) is 12.7. The monoisotopic (exact) mass is 374 g/mol. The SMILES string of the molecule is CCN(CC)C(=O)CSc1nc(CN2CCOCC2)nc2ccccc12. The zero-order chi connectivity index (χ0) is 18.4. The lowest BCUT2D eigenvalue weighted by molar-refractivity contribution is -0.127. The Hall–Kier alpha value is -1.70. The summed E-state index contributed by atoms with van der Waals surface area (Å²) >= 11 is 1.51. The largest absolute Gasteiger partial charge is 0.379 e.